The highest BCUT2D eigenvalue weighted by Crippen LogP contribution is 2.15. The second kappa shape index (κ2) is 4.24. The van der Waals surface area contributed by atoms with E-state index in [1.54, 1.807) is 4.90 Å². The highest BCUT2D eigenvalue weighted by atomic mass is 16.2. The van der Waals surface area contributed by atoms with Crippen LogP contribution >= 0.6 is 0 Å². The first kappa shape index (κ1) is 10.0. The standard InChI is InChI=1S/C9H15N3O/c1-2-8(11)9(13)12-4-3-7(5-10)6-12/h7-8H,2-4,6,11H2,1H3/t7?,8-/m1/s1. The Balaban J connectivity index is 2.47. The molecule has 0 bridgehead atoms. The van der Waals surface area contributed by atoms with Gasteiger partial charge in [-0.2, -0.15) is 5.26 Å². The third kappa shape index (κ3) is 2.19. The Bertz CT molecular complexity index is 234. The van der Waals surface area contributed by atoms with Gasteiger partial charge in [-0.15, -0.1) is 0 Å². The minimum absolute atomic E-state index is 0.00741. The van der Waals surface area contributed by atoms with E-state index in [0.717, 1.165) is 6.42 Å². The molecule has 13 heavy (non-hydrogen) atoms. The van der Waals surface area contributed by atoms with E-state index >= 15 is 0 Å². The van der Waals surface area contributed by atoms with Crippen LogP contribution < -0.4 is 5.73 Å². The molecule has 72 valence electrons. The molecule has 1 aliphatic rings. The van der Waals surface area contributed by atoms with E-state index < -0.39 is 6.04 Å². The maximum atomic E-state index is 11.5. The van der Waals surface area contributed by atoms with Gasteiger partial charge in [-0.25, -0.2) is 0 Å². The smallest absolute Gasteiger partial charge is 0.239 e. The molecule has 0 aromatic carbocycles. The van der Waals surface area contributed by atoms with Gasteiger partial charge < -0.3 is 10.6 Å². The zero-order valence-corrected chi connectivity index (χ0v) is 7.86. The number of carbonyl (C=O) groups is 1. The fraction of sp³-hybridized carbons (Fsp3) is 0.778. The van der Waals surface area contributed by atoms with Crippen LogP contribution in [0, 0.1) is 17.2 Å². The van der Waals surface area contributed by atoms with Crippen molar-refractivity contribution in [3.05, 3.63) is 0 Å². The van der Waals surface area contributed by atoms with Gasteiger partial charge in [-0.05, 0) is 12.8 Å². The molecule has 1 heterocycles. The predicted molar refractivity (Wildman–Crippen MR) is 48.6 cm³/mol. The Morgan fingerprint density at radius 2 is 2.54 bits per heavy atom. The third-order valence-corrected chi connectivity index (χ3v) is 2.44. The van der Waals surface area contributed by atoms with E-state index in [4.69, 9.17) is 11.0 Å². The van der Waals surface area contributed by atoms with E-state index in [1.165, 1.54) is 0 Å². The second-order valence-corrected chi connectivity index (χ2v) is 3.41. The van der Waals surface area contributed by atoms with E-state index in [2.05, 4.69) is 6.07 Å². The molecule has 1 unspecified atom stereocenters. The highest BCUT2D eigenvalue weighted by molar-refractivity contribution is 5.81. The van der Waals surface area contributed by atoms with Crippen LogP contribution in [-0.4, -0.2) is 29.9 Å². The van der Waals surface area contributed by atoms with Gasteiger partial charge in [-0.1, -0.05) is 6.92 Å². The van der Waals surface area contributed by atoms with Crippen LogP contribution in [0.3, 0.4) is 0 Å². The molecule has 2 N–H and O–H groups in total. The third-order valence-electron chi connectivity index (χ3n) is 2.44. The first-order valence-corrected chi connectivity index (χ1v) is 4.63. The lowest BCUT2D eigenvalue weighted by Crippen LogP contribution is -2.42. The largest absolute Gasteiger partial charge is 0.340 e. The molecule has 4 heteroatoms. The molecule has 0 radical (unpaired) electrons. The Labute approximate surface area is 78.3 Å². The fourth-order valence-corrected chi connectivity index (χ4v) is 1.47. The van der Waals surface area contributed by atoms with E-state index in [1.807, 2.05) is 6.92 Å². The molecule has 1 amide bonds. The van der Waals surface area contributed by atoms with Crippen molar-refractivity contribution in [2.24, 2.45) is 11.7 Å². The van der Waals surface area contributed by atoms with Crippen molar-refractivity contribution in [3.8, 4) is 6.07 Å². The summed E-state index contributed by atoms with van der Waals surface area (Å²) < 4.78 is 0. The lowest BCUT2D eigenvalue weighted by molar-refractivity contribution is -0.131. The van der Waals surface area contributed by atoms with Crippen LogP contribution in [0.5, 0.6) is 0 Å². The molecule has 0 saturated carbocycles. The van der Waals surface area contributed by atoms with Crippen molar-refractivity contribution in [2.75, 3.05) is 13.1 Å². The molecule has 0 aliphatic carbocycles. The van der Waals surface area contributed by atoms with Gasteiger partial charge in [0.25, 0.3) is 0 Å². The number of hydrogen-bond acceptors (Lipinski definition) is 3. The normalized spacial score (nSPS) is 24.1. The summed E-state index contributed by atoms with van der Waals surface area (Å²) in [5, 5.41) is 8.64. The van der Waals surface area contributed by atoms with Gasteiger partial charge in [0.1, 0.15) is 0 Å². The number of carbonyl (C=O) groups excluding carboxylic acids is 1. The minimum Gasteiger partial charge on any atom is -0.340 e. The monoisotopic (exact) mass is 181 g/mol. The van der Waals surface area contributed by atoms with Crippen molar-refractivity contribution in [1.82, 2.24) is 4.90 Å². The number of nitriles is 1. The molecule has 2 atom stereocenters. The number of hydrogen-bond donors (Lipinski definition) is 1. The van der Waals surface area contributed by atoms with Gasteiger partial charge in [-0.3, -0.25) is 4.79 Å². The van der Waals surface area contributed by atoms with Gasteiger partial charge in [0.05, 0.1) is 18.0 Å². The second-order valence-electron chi connectivity index (χ2n) is 3.41. The summed E-state index contributed by atoms with van der Waals surface area (Å²) in [6.07, 6.45) is 1.45. The summed E-state index contributed by atoms with van der Waals surface area (Å²) in [4.78, 5) is 13.2. The average Bonchev–Trinajstić information content (AvgIpc) is 2.63. The summed E-state index contributed by atoms with van der Waals surface area (Å²) in [5.74, 6) is -0.00624. The minimum atomic E-state index is -0.391. The Morgan fingerprint density at radius 1 is 1.85 bits per heavy atom. The zero-order valence-electron chi connectivity index (χ0n) is 7.86. The van der Waals surface area contributed by atoms with Crippen LogP contribution in [0.15, 0.2) is 0 Å². The molecule has 0 aromatic rings. The Morgan fingerprint density at radius 3 is 3.00 bits per heavy atom. The summed E-state index contributed by atoms with van der Waals surface area (Å²) in [5.41, 5.74) is 5.61. The molecule has 1 saturated heterocycles. The van der Waals surface area contributed by atoms with E-state index in [0.29, 0.717) is 19.5 Å². The molecule has 0 spiro atoms. The van der Waals surface area contributed by atoms with Crippen LogP contribution in [0.4, 0.5) is 0 Å². The first-order chi connectivity index (χ1) is 6.19. The van der Waals surface area contributed by atoms with Crippen molar-refractivity contribution in [3.63, 3.8) is 0 Å². The highest BCUT2D eigenvalue weighted by Gasteiger charge is 2.28. The quantitative estimate of drug-likeness (QED) is 0.656. The number of likely N-dealkylation sites (tertiary alicyclic amines) is 1. The van der Waals surface area contributed by atoms with E-state index in [9.17, 15) is 4.79 Å². The maximum absolute atomic E-state index is 11.5. The van der Waals surface area contributed by atoms with Gasteiger partial charge in [0, 0.05) is 13.1 Å². The number of rotatable bonds is 2. The molecule has 1 aliphatic heterocycles. The SMILES string of the molecule is CC[C@@H](N)C(=O)N1CCC(C#N)C1. The van der Waals surface area contributed by atoms with Crippen LogP contribution in [-0.2, 0) is 4.79 Å². The lowest BCUT2D eigenvalue weighted by Gasteiger charge is -2.18. The van der Waals surface area contributed by atoms with Gasteiger partial charge in [0.2, 0.25) is 5.91 Å². The Hall–Kier alpha value is -1.08. The predicted octanol–water partition coefficient (Wildman–Crippen LogP) is 0.0958. The first-order valence-electron chi connectivity index (χ1n) is 4.63. The molecule has 4 nitrogen and oxygen atoms in total. The average molecular weight is 181 g/mol. The summed E-state index contributed by atoms with van der Waals surface area (Å²) in [6.45, 7) is 3.13. The molecule has 0 aromatic heterocycles. The van der Waals surface area contributed by atoms with Gasteiger partial charge in [0.15, 0.2) is 0 Å². The van der Waals surface area contributed by atoms with Crippen LogP contribution in [0.1, 0.15) is 19.8 Å². The molecule has 1 rings (SSSR count). The van der Waals surface area contributed by atoms with Crippen LogP contribution in [0.2, 0.25) is 0 Å². The molecular formula is C9H15N3O. The number of amides is 1. The van der Waals surface area contributed by atoms with Crippen LogP contribution in [0.25, 0.3) is 0 Å². The topological polar surface area (TPSA) is 70.1 Å². The maximum Gasteiger partial charge on any atom is 0.239 e. The summed E-state index contributed by atoms with van der Waals surface area (Å²) in [6, 6.07) is 1.78. The van der Waals surface area contributed by atoms with Gasteiger partial charge >= 0.3 is 0 Å². The summed E-state index contributed by atoms with van der Waals surface area (Å²) in [7, 11) is 0. The summed E-state index contributed by atoms with van der Waals surface area (Å²) >= 11 is 0. The van der Waals surface area contributed by atoms with Crippen molar-refractivity contribution >= 4 is 5.91 Å². The zero-order chi connectivity index (χ0) is 9.84. The van der Waals surface area contributed by atoms with E-state index in [-0.39, 0.29) is 11.8 Å². The number of nitrogens with two attached hydrogens (primary N) is 1. The van der Waals surface area contributed by atoms with Crippen molar-refractivity contribution in [1.29, 1.82) is 5.26 Å². The van der Waals surface area contributed by atoms with Crippen molar-refractivity contribution in [2.45, 2.75) is 25.8 Å². The van der Waals surface area contributed by atoms with Crippen molar-refractivity contribution < 1.29 is 4.79 Å². The molecule has 1 fully saturated rings. The lowest BCUT2D eigenvalue weighted by atomic mass is 10.1. The Kier molecular flexibility index (Phi) is 3.26. The molecular weight excluding hydrogens is 166 g/mol. The number of nitrogens with zero attached hydrogens (tertiary/aromatic N) is 2. The fourth-order valence-electron chi connectivity index (χ4n) is 1.47.